The van der Waals surface area contributed by atoms with Gasteiger partial charge in [-0.05, 0) is 40.5 Å². The quantitative estimate of drug-likeness (QED) is 0.945. The fourth-order valence-electron chi connectivity index (χ4n) is 1.66. The van der Waals surface area contributed by atoms with Gasteiger partial charge in [0.25, 0.3) is 0 Å². The first-order valence-corrected chi connectivity index (χ1v) is 6.16. The van der Waals surface area contributed by atoms with Crippen LogP contribution in [0.2, 0.25) is 0 Å². The van der Waals surface area contributed by atoms with Crippen molar-refractivity contribution in [3.8, 4) is 5.69 Å². The maximum absolute atomic E-state index is 13.3. The molecule has 1 atom stereocenters. The molecule has 17 heavy (non-hydrogen) atoms. The maximum Gasteiger partial charge on any atom is 0.125 e. The summed E-state index contributed by atoms with van der Waals surface area (Å²) in [4.78, 5) is 4.08. The van der Waals surface area contributed by atoms with Gasteiger partial charge in [0, 0.05) is 10.5 Å². The smallest absolute Gasteiger partial charge is 0.125 e. The first-order valence-electron chi connectivity index (χ1n) is 5.36. The minimum absolute atomic E-state index is 0.104. The molecule has 5 heteroatoms. The Morgan fingerprint density at radius 1 is 1.53 bits per heavy atom. The summed E-state index contributed by atoms with van der Waals surface area (Å²) in [7, 11) is 0. The molecule has 2 aromatic rings. The van der Waals surface area contributed by atoms with E-state index in [1.165, 1.54) is 12.1 Å². The zero-order valence-electron chi connectivity index (χ0n) is 9.40. The first-order chi connectivity index (χ1) is 8.13. The Hall–Kier alpha value is -1.20. The summed E-state index contributed by atoms with van der Waals surface area (Å²) in [5, 5.41) is 0. The maximum atomic E-state index is 13.3. The van der Waals surface area contributed by atoms with Crippen molar-refractivity contribution in [3.63, 3.8) is 0 Å². The molecule has 0 bridgehead atoms. The predicted octanol–water partition coefficient (Wildman–Crippen LogP) is 3.18. The van der Waals surface area contributed by atoms with Crippen LogP contribution in [-0.2, 0) is 0 Å². The Kier molecular flexibility index (Phi) is 3.59. The second-order valence-electron chi connectivity index (χ2n) is 3.80. The van der Waals surface area contributed by atoms with E-state index in [2.05, 4.69) is 20.9 Å². The van der Waals surface area contributed by atoms with Crippen LogP contribution in [0.5, 0.6) is 0 Å². The lowest BCUT2D eigenvalue weighted by atomic mass is 10.2. The van der Waals surface area contributed by atoms with Crippen LogP contribution in [0.15, 0.2) is 35.2 Å². The molecule has 0 saturated heterocycles. The van der Waals surface area contributed by atoms with E-state index in [0.717, 1.165) is 16.6 Å². The lowest BCUT2D eigenvalue weighted by Gasteiger charge is -2.14. The molecule has 0 radical (unpaired) electrons. The second kappa shape index (κ2) is 4.98. The first kappa shape index (κ1) is 12.3. The molecule has 0 amide bonds. The van der Waals surface area contributed by atoms with Gasteiger partial charge in [-0.1, -0.05) is 6.92 Å². The highest BCUT2D eigenvalue weighted by Crippen LogP contribution is 2.25. The molecule has 3 nitrogen and oxygen atoms in total. The van der Waals surface area contributed by atoms with Gasteiger partial charge in [-0.3, -0.25) is 0 Å². The van der Waals surface area contributed by atoms with Crippen LogP contribution in [0, 0.1) is 5.82 Å². The number of imidazole rings is 1. The molecule has 0 saturated carbocycles. The lowest BCUT2D eigenvalue weighted by Crippen LogP contribution is -2.13. The molecular formula is C12H13BrFN3. The van der Waals surface area contributed by atoms with Crippen molar-refractivity contribution in [2.24, 2.45) is 5.73 Å². The summed E-state index contributed by atoms with van der Waals surface area (Å²) in [5.41, 5.74) is 7.58. The molecule has 90 valence electrons. The Bertz CT molecular complexity index is 524. The highest BCUT2D eigenvalue weighted by atomic mass is 79.9. The SMILES string of the molecule is CC[C@@H](N)c1cncn1-c1cc(F)ccc1Br. The standard InChI is InChI=1S/C12H13BrFN3/c1-2-10(15)12-6-16-7-17(12)11-5-8(14)3-4-9(11)13/h3-7,10H,2,15H2,1H3/t10-/m1/s1. The summed E-state index contributed by atoms with van der Waals surface area (Å²) >= 11 is 3.40. The average molecular weight is 298 g/mol. The molecule has 0 aliphatic heterocycles. The molecule has 1 heterocycles. The van der Waals surface area contributed by atoms with E-state index >= 15 is 0 Å². The molecule has 0 unspecified atom stereocenters. The van der Waals surface area contributed by atoms with Crippen LogP contribution in [0.3, 0.4) is 0 Å². The van der Waals surface area contributed by atoms with E-state index in [9.17, 15) is 4.39 Å². The van der Waals surface area contributed by atoms with E-state index in [0.29, 0.717) is 5.69 Å². The Morgan fingerprint density at radius 3 is 3.00 bits per heavy atom. The van der Waals surface area contributed by atoms with E-state index in [1.54, 1.807) is 23.2 Å². The Morgan fingerprint density at radius 2 is 2.29 bits per heavy atom. The topological polar surface area (TPSA) is 43.8 Å². The van der Waals surface area contributed by atoms with Crippen LogP contribution in [0.4, 0.5) is 4.39 Å². The van der Waals surface area contributed by atoms with Gasteiger partial charge in [0.05, 0.1) is 23.9 Å². The Balaban J connectivity index is 2.53. The number of nitrogens with two attached hydrogens (primary N) is 1. The van der Waals surface area contributed by atoms with E-state index < -0.39 is 0 Å². The number of rotatable bonds is 3. The monoisotopic (exact) mass is 297 g/mol. The molecule has 0 spiro atoms. The van der Waals surface area contributed by atoms with Crippen LogP contribution < -0.4 is 5.73 Å². The van der Waals surface area contributed by atoms with Crippen LogP contribution in [0.1, 0.15) is 25.1 Å². The normalized spacial score (nSPS) is 12.7. The van der Waals surface area contributed by atoms with Crippen molar-refractivity contribution in [2.75, 3.05) is 0 Å². The van der Waals surface area contributed by atoms with Crippen molar-refractivity contribution in [1.29, 1.82) is 0 Å². The third-order valence-corrected chi connectivity index (χ3v) is 3.33. The fraction of sp³-hybridized carbons (Fsp3) is 0.250. The summed E-state index contributed by atoms with van der Waals surface area (Å²) in [6.45, 7) is 2.00. The third-order valence-electron chi connectivity index (χ3n) is 2.65. The van der Waals surface area contributed by atoms with E-state index in [1.807, 2.05) is 6.92 Å². The van der Waals surface area contributed by atoms with Crippen molar-refractivity contribution < 1.29 is 4.39 Å². The number of hydrogen-bond donors (Lipinski definition) is 1. The summed E-state index contributed by atoms with van der Waals surface area (Å²) in [6, 6.07) is 4.43. The molecule has 0 aliphatic rings. The van der Waals surface area contributed by atoms with Gasteiger partial charge < -0.3 is 10.3 Å². The van der Waals surface area contributed by atoms with Gasteiger partial charge in [-0.15, -0.1) is 0 Å². The lowest BCUT2D eigenvalue weighted by molar-refractivity contribution is 0.623. The second-order valence-corrected chi connectivity index (χ2v) is 4.65. The molecule has 2 N–H and O–H groups in total. The highest BCUT2D eigenvalue weighted by Gasteiger charge is 2.13. The average Bonchev–Trinajstić information content (AvgIpc) is 2.80. The summed E-state index contributed by atoms with van der Waals surface area (Å²) in [6.07, 6.45) is 4.16. The van der Waals surface area contributed by atoms with Crippen molar-refractivity contribution in [3.05, 3.63) is 46.7 Å². The summed E-state index contributed by atoms with van der Waals surface area (Å²) < 4.78 is 15.9. The van der Waals surface area contributed by atoms with E-state index in [4.69, 9.17) is 5.73 Å². The predicted molar refractivity (Wildman–Crippen MR) is 68.4 cm³/mol. The largest absolute Gasteiger partial charge is 0.323 e. The van der Waals surface area contributed by atoms with Crippen LogP contribution >= 0.6 is 15.9 Å². The third kappa shape index (κ3) is 2.40. The van der Waals surface area contributed by atoms with Gasteiger partial charge in [0.15, 0.2) is 0 Å². The molecule has 1 aromatic heterocycles. The van der Waals surface area contributed by atoms with Gasteiger partial charge in [0.1, 0.15) is 5.82 Å². The zero-order valence-corrected chi connectivity index (χ0v) is 11.0. The van der Waals surface area contributed by atoms with Crippen molar-refractivity contribution in [1.82, 2.24) is 9.55 Å². The molecular weight excluding hydrogens is 285 g/mol. The zero-order chi connectivity index (χ0) is 12.4. The van der Waals surface area contributed by atoms with Gasteiger partial charge in [-0.2, -0.15) is 0 Å². The molecule has 1 aromatic carbocycles. The molecule has 0 aliphatic carbocycles. The van der Waals surface area contributed by atoms with Crippen molar-refractivity contribution in [2.45, 2.75) is 19.4 Å². The number of benzene rings is 1. The molecule has 0 fully saturated rings. The summed E-state index contributed by atoms with van der Waals surface area (Å²) in [5.74, 6) is -0.284. The minimum Gasteiger partial charge on any atom is -0.323 e. The number of halogens is 2. The van der Waals surface area contributed by atoms with Crippen LogP contribution in [-0.4, -0.2) is 9.55 Å². The highest BCUT2D eigenvalue weighted by molar-refractivity contribution is 9.10. The van der Waals surface area contributed by atoms with Gasteiger partial charge in [0.2, 0.25) is 0 Å². The van der Waals surface area contributed by atoms with Crippen molar-refractivity contribution >= 4 is 15.9 Å². The van der Waals surface area contributed by atoms with Gasteiger partial charge >= 0.3 is 0 Å². The minimum atomic E-state index is -0.284. The fourth-order valence-corrected chi connectivity index (χ4v) is 2.10. The van der Waals surface area contributed by atoms with Gasteiger partial charge in [-0.25, -0.2) is 9.37 Å². The van der Waals surface area contributed by atoms with E-state index in [-0.39, 0.29) is 11.9 Å². The Labute approximate surface area is 108 Å². The number of aromatic nitrogens is 2. The number of hydrogen-bond acceptors (Lipinski definition) is 2. The number of nitrogens with zero attached hydrogens (tertiary/aromatic N) is 2. The molecule has 2 rings (SSSR count). The van der Waals surface area contributed by atoms with Crippen LogP contribution in [0.25, 0.3) is 5.69 Å².